The Labute approximate surface area is 498 Å². The topological polar surface area (TPSA) is 237 Å². The zero-order valence-corrected chi connectivity index (χ0v) is 54.7. The van der Waals surface area contributed by atoms with Crippen molar-refractivity contribution in [2.75, 3.05) is 39.6 Å². The summed E-state index contributed by atoms with van der Waals surface area (Å²) in [5.74, 6) is 0.0819. The Kier molecular flexibility index (Phi) is 53.2. The molecule has 82 heavy (non-hydrogen) atoms. The first-order chi connectivity index (χ1) is 39.3. The third-order valence-corrected chi connectivity index (χ3v) is 16.6. The fourth-order valence-corrected chi connectivity index (χ4v) is 10.9. The lowest BCUT2D eigenvalue weighted by atomic mass is 9.99. The molecule has 0 aliphatic heterocycles. The second-order valence-electron chi connectivity index (χ2n) is 24.0. The molecule has 3 N–H and O–H groups in total. The summed E-state index contributed by atoms with van der Waals surface area (Å²) in [6, 6.07) is 0. The van der Waals surface area contributed by atoms with Gasteiger partial charge in [-0.1, -0.05) is 254 Å². The lowest BCUT2D eigenvalue weighted by molar-refractivity contribution is -0.161. The summed E-state index contributed by atoms with van der Waals surface area (Å²) in [5.41, 5.74) is 0. The van der Waals surface area contributed by atoms with Gasteiger partial charge in [0.2, 0.25) is 0 Å². The highest BCUT2D eigenvalue weighted by molar-refractivity contribution is 7.47. The number of unbranched alkanes of at least 4 members (excludes halogenated alkanes) is 28. The summed E-state index contributed by atoms with van der Waals surface area (Å²) in [6.07, 6.45) is 35.0. The van der Waals surface area contributed by atoms with Gasteiger partial charge in [-0.05, 0) is 43.4 Å². The largest absolute Gasteiger partial charge is 0.472 e. The Hall–Kier alpha value is -1.94. The highest BCUT2D eigenvalue weighted by atomic mass is 31.2. The number of rotatable bonds is 61. The molecule has 19 heteroatoms. The van der Waals surface area contributed by atoms with Crippen LogP contribution in [0.5, 0.6) is 0 Å². The molecule has 0 saturated carbocycles. The molecular weight excluding hydrogens is 1090 g/mol. The molecule has 486 valence electrons. The van der Waals surface area contributed by atoms with Gasteiger partial charge in [0, 0.05) is 25.7 Å². The minimum absolute atomic E-state index is 0.103. The highest BCUT2D eigenvalue weighted by Crippen LogP contribution is 2.45. The van der Waals surface area contributed by atoms with Crippen LogP contribution < -0.4 is 0 Å². The van der Waals surface area contributed by atoms with Gasteiger partial charge in [-0.15, -0.1) is 0 Å². The van der Waals surface area contributed by atoms with E-state index < -0.39 is 97.5 Å². The molecule has 0 saturated heterocycles. The van der Waals surface area contributed by atoms with Crippen LogP contribution in [0.3, 0.4) is 0 Å². The number of hydrogen-bond donors (Lipinski definition) is 3. The number of hydrogen-bond acceptors (Lipinski definition) is 15. The Morgan fingerprint density at radius 1 is 0.354 bits per heavy atom. The SMILES string of the molecule is CCCCCCCCCC(=O)OC[C@H](COP(=O)(O)OC[C@H](O)COP(=O)(O)OC[C@@H](COC(=O)CCCCCCCCCCC(C)C)OC(=O)CCCCCCCCCCCCC(C)CC)OC(=O)CCCCCCCCCC(C)C. The van der Waals surface area contributed by atoms with E-state index in [1.165, 1.54) is 103 Å². The van der Waals surface area contributed by atoms with Crippen molar-refractivity contribution in [3.8, 4) is 0 Å². The zero-order chi connectivity index (χ0) is 61.0. The third kappa shape index (κ3) is 55.9. The smallest absolute Gasteiger partial charge is 0.462 e. The van der Waals surface area contributed by atoms with Gasteiger partial charge in [-0.25, -0.2) is 9.13 Å². The summed E-state index contributed by atoms with van der Waals surface area (Å²) in [5, 5.41) is 10.5. The number of esters is 4. The molecule has 0 rings (SSSR count). The number of carbonyl (C=O) groups excluding carboxylic acids is 4. The van der Waals surface area contributed by atoms with Crippen molar-refractivity contribution in [3.05, 3.63) is 0 Å². The van der Waals surface area contributed by atoms with E-state index in [9.17, 15) is 43.2 Å². The molecule has 3 unspecified atom stereocenters. The third-order valence-electron chi connectivity index (χ3n) is 14.7. The van der Waals surface area contributed by atoms with Crippen LogP contribution in [0.2, 0.25) is 0 Å². The number of phosphoric ester groups is 2. The standard InChI is InChI=1S/C63H122O17P2/c1-8-10-11-12-20-30-37-44-60(65)73-50-58(80-63(68)47-40-33-26-19-22-28-35-42-55(5)6)52-77-81(69,70)75-48-57(64)49-76-82(71,72)78-53-59(51-74-61(66)45-38-31-24-18-17-21-27-34-41-54(3)4)79-62(67)46-39-32-25-16-14-13-15-23-29-36-43-56(7)9-2/h54-59,64H,8-53H2,1-7H3,(H,69,70)(H,71,72)/t56?,57-,58+,59+/m0/s1. The van der Waals surface area contributed by atoms with Crippen molar-refractivity contribution in [2.45, 2.75) is 324 Å². The summed E-state index contributed by atoms with van der Waals surface area (Å²) >= 11 is 0. The van der Waals surface area contributed by atoms with Crippen molar-refractivity contribution in [2.24, 2.45) is 17.8 Å². The molecule has 0 radical (unpaired) electrons. The maximum atomic E-state index is 13.0. The van der Waals surface area contributed by atoms with Gasteiger partial charge in [0.1, 0.15) is 19.3 Å². The lowest BCUT2D eigenvalue weighted by Gasteiger charge is -2.21. The zero-order valence-electron chi connectivity index (χ0n) is 52.9. The molecular formula is C63H122O17P2. The molecule has 0 bridgehead atoms. The van der Waals surface area contributed by atoms with Crippen LogP contribution in [0.4, 0.5) is 0 Å². The number of phosphoric acid groups is 2. The summed E-state index contributed by atoms with van der Waals surface area (Å²) in [4.78, 5) is 72.0. The molecule has 0 aromatic carbocycles. The average Bonchev–Trinajstić information content (AvgIpc) is 3.43. The van der Waals surface area contributed by atoms with Crippen LogP contribution in [0.15, 0.2) is 0 Å². The summed E-state index contributed by atoms with van der Waals surface area (Å²) in [6.45, 7) is 11.7. The van der Waals surface area contributed by atoms with Crippen molar-refractivity contribution >= 4 is 39.5 Å². The Morgan fingerprint density at radius 2 is 0.622 bits per heavy atom. The Morgan fingerprint density at radius 3 is 0.927 bits per heavy atom. The summed E-state index contributed by atoms with van der Waals surface area (Å²) in [7, 11) is -9.88. The first-order valence-electron chi connectivity index (χ1n) is 32.9. The first kappa shape index (κ1) is 80.1. The van der Waals surface area contributed by atoms with Crippen molar-refractivity contribution in [1.29, 1.82) is 0 Å². The van der Waals surface area contributed by atoms with Crippen molar-refractivity contribution < 1.29 is 80.2 Å². The number of aliphatic hydroxyl groups is 1. The lowest BCUT2D eigenvalue weighted by Crippen LogP contribution is -2.30. The molecule has 0 amide bonds. The van der Waals surface area contributed by atoms with E-state index in [2.05, 4.69) is 48.5 Å². The predicted octanol–water partition coefficient (Wildman–Crippen LogP) is 17.1. The van der Waals surface area contributed by atoms with E-state index in [1.807, 2.05) is 0 Å². The Bertz CT molecular complexity index is 1630. The minimum Gasteiger partial charge on any atom is -0.462 e. The molecule has 0 aliphatic carbocycles. The fourth-order valence-electron chi connectivity index (χ4n) is 9.27. The Balaban J connectivity index is 5.23. The van der Waals surface area contributed by atoms with Gasteiger partial charge in [0.25, 0.3) is 0 Å². The molecule has 0 aromatic heterocycles. The minimum atomic E-state index is -4.94. The maximum absolute atomic E-state index is 13.0. The van der Waals surface area contributed by atoms with E-state index in [4.69, 9.17) is 37.0 Å². The number of carbonyl (C=O) groups is 4. The highest BCUT2D eigenvalue weighted by Gasteiger charge is 2.30. The van der Waals surface area contributed by atoms with E-state index in [0.29, 0.717) is 31.6 Å². The fraction of sp³-hybridized carbons (Fsp3) is 0.937. The van der Waals surface area contributed by atoms with Gasteiger partial charge < -0.3 is 33.8 Å². The van der Waals surface area contributed by atoms with Gasteiger partial charge in [0.05, 0.1) is 26.4 Å². The normalized spacial score (nSPS) is 14.7. The number of ether oxygens (including phenoxy) is 4. The van der Waals surface area contributed by atoms with Crippen LogP contribution >= 0.6 is 15.6 Å². The van der Waals surface area contributed by atoms with Crippen LogP contribution in [0.25, 0.3) is 0 Å². The van der Waals surface area contributed by atoms with Gasteiger partial charge in [-0.2, -0.15) is 0 Å². The molecule has 0 fully saturated rings. The molecule has 0 aromatic rings. The van der Waals surface area contributed by atoms with Gasteiger partial charge in [0.15, 0.2) is 12.2 Å². The first-order valence-corrected chi connectivity index (χ1v) is 35.9. The molecule has 6 atom stereocenters. The second kappa shape index (κ2) is 54.5. The maximum Gasteiger partial charge on any atom is 0.472 e. The van der Waals surface area contributed by atoms with E-state index in [0.717, 1.165) is 115 Å². The molecule has 0 aliphatic rings. The predicted molar refractivity (Wildman–Crippen MR) is 326 cm³/mol. The van der Waals surface area contributed by atoms with Crippen LogP contribution in [0, 0.1) is 17.8 Å². The molecule has 0 heterocycles. The van der Waals surface area contributed by atoms with Crippen LogP contribution in [-0.2, 0) is 65.4 Å². The van der Waals surface area contributed by atoms with Crippen LogP contribution in [0.1, 0.15) is 305 Å². The van der Waals surface area contributed by atoms with Gasteiger partial charge >= 0.3 is 39.5 Å². The number of aliphatic hydroxyl groups excluding tert-OH is 1. The molecule has 0 spiro atoms. The van der Waals surface area contributed by atoms with Gasteiger partial charge in [-0.3, -0.25) is 37.3 Å². The van der Waals surface area contributed by atoms with E-state index >= 15 is 0 Å². The van der Waals surface area contributed by atoms with E-state index in [-0.39, 0.29) is 25.7 Å². The average molecular weight is 1210 g/mol. The second-order valence-corrected chi connectivity index (χ2v) is 26.9. The van der Waals surface area contributed by atoms with Crippen LogP contribution in [-0.4, -0.2) is 96.7 Å². The molecule has 17 nitrogen and oxygen atoms in total. The quantitative estimate of drug-likeness (QED) is 0.0222. The van der Waals surface area contributed by atoms with Crippen molar-refractivity contribution in [3.63, 3.8) is 0 Å². The summed E-state index contributed by atoms with van der Waals surface area (Å²) < 4.78 is 67.9. The monoisotopic (exact) mass is 1210 g/mol. The van der Waals surface area contributed by atoms with Crippen molar-refractivity contribution in [1.82, 2.24) is 0 Å². The van der Waals surface area contributed by atoms with E-state index in [1.54, 1.807) is 0 Å².